The molecule has 1 aliphatic rings. The molecule has 0 unspecified atom stereocenters. The van der Waals surface area contributed by atoms with Crippen molar-refractivity contribution in [2.75, 3.05) is 30.0 Å². The third-order valence-corrected chi connectivity index (χ3v) is 5.32. The number of ether oxygens (including phenoxy) is 2. The normalized spacial score (nSPS) is 12.7. The molecule has 2 amide bonds. The maximum Gasteiger partial charge on any atom is 0.265 e. The number of nitrogens with zero attached hydrogens (tertiary/aromatic N) is 1. The number of amides is 2. The van der Waals surface area contributed by atoms with Crippen molar-refractivity contribution in [3.05, 3.63) is 83.9 Å². The highest BCUT2D eigenvalue weighted by Gasteiger charge is 2.25. The van der Waals surface area contributed by atoms with Crippen molar-refractivity contribution in [2.24, 2.45) is 0 Å². The summed E-state index contributed by atoms with van der Waals surface area (Å²) in [6, 6.07) is 22.4. The van der Waals surface area contributed by atoms with Gasteiger partial charge in [-0.3, -0.25) is 9.59 Å². The van der Waals surface area contributed by atoms with Crippen molar-refractivity contribution < 1.29 is 19.1 Å². The minimum absolute atomic E-state index is 0.00204. The zero-order valence-electron chi connectivity index (χ0n) is 18.0. The Morgan fingerprint density at radius 3 is 2.59 bits per heavy atom. The molecule has 0 bridgehead atoms. The molecule has 1 N–H and O–H groups in total. The summed E-state index contributed by atoms with van der Waals surface area (Å²) >= 11 is 0. The number of hydrogen-bond acceptors (Lipinski definition) is 4. The highest BCUT2D eigenvalue weighted by Crippen LogP contribution is 2.34. The topological polar surface area (TPSA) is 67.9 Å². The van der Waals surface area contributed by atoms with Crippen LogP contribution in [-0.2, 0) is 11.2 Å². The quantitative estimate of drug-likeness (QED) is 0.526. The van der Waals surface area contributed by atoms with E-state index < -0.39 is 0 Å². The second kappa shape index (κ2) is 10.0. The van der Waals surface area contributed by atoms with Crippen LogP contribution in [-0.4, -0.2) is 31.6 Å². The van der Waals surface area contributed by atoms with Gasteiger partial charge in [0.2, 0.25) is 0 Å². The van der Waals surface area contributed by atoms with Gasteiger partial charge in [-0.15, -0.1) is 0 Å². The van der Waals surface area contributed by atoms with Gasteiger partial charge in [0.05, 0.1) is 12.3 Å². The molecule has 6 nitrogen and oxygen atoms in total. The number of anilines is 2. The average Bonchev–Trinajstić information content (AvgIpc) is 2.84. The van der Waals surface area contributed by atoms with Gasteiger partial charge < -0.3 is 19.7 Å². The van der Waals surface area contributed by atoms with E-state index in [1.807, 2.05) is 30.3 Å². The molecule has 0 atom stereocenters. The number of carbonyl (C=O) groups is 2. The summed E-state index contributed by atoms with van der Waals surface area (Å²) in [5.74, 6) is 1.12. The van der Waals surface area contributed by atoms with E-state index in [9.17, 15) is 9.59 Å². The molecule has 0 aliphatic carbocycles. The summed E-state index contributed by atoms with van der Waals surface area (Å²) in [5.41, 5.74) is 3.09. The van der Waals surface area contributed by atoms with Crippen LogP contribution >= 0.6 is 0 Å². The molecule has 3 aromatic carbocycles. The predicted molar refractivity (Wildman–Crippen MR) is 125 cm³/mol. The minimum Gasteiger partial charge on any atom is -0.494 e. The fourth-order valence-corrected chi connectivity index (χ4v) is 3.55. The Labute approximate surface area is 187 Å². The van der Waals surface area contributed by atoms with Crippen molar-refractivity contribution in [1.29, 1.82) is 0 Å². The van der Waals surface area contributed by atoms with Gasteiger partial charge in [0.15, 0.2) is 6.61 Å². The van der Waals surface area contributed by atoms with Crippen molar-refractivity contribution >= 4 is 23.2 Å². The summed E-state index contributed by atoms with van der Waals surface area (Å²) in [7, 11) is 0. The fourth-order valence-electron chi connectivity index (χ4n) is 3.55. The zero-order valence-corrected chi connectivity index (χ0v) is 18.0. The van der Waals surface area contributed by atoms with Gasteiger partial charge in [-0.1, -0.05) is 37.3 Å². The number of nitrogens with one attached hydrogen (secondary N) is 1. The fraction of sp³-hybridized carbons (Fsp3) is 0.231. The summed E-state index contributed by atoms with van der Waals surface area (Å²) in [5, 5.41) is 2.88. The van der Waals surface area contributed by atoms with Gasteiger partial charge in [0.1, 0.15) is 11.5 Å². The van der Waals surface area contributed by atoms with Gasteiger partial charge in [0, 0.05) is 17.8 Å². The minimum atomic E-state index is -0.206. The molecule has 0 radical (unpaired) electrons. The Morgan fingerprint density at radius 1 is 1.06 bits per heavy atom. The first-order valence-electron chi connectivity index (χ1n) is 10.8. The first-order valence-corrected chi connectivity index (χ1v) is 10.8. The van der Waals surface area contributed by atoms with Crippen LogP contribution in [0.15, 0.2) is 72.8 Å². The summed E-state index contributed by atoms with van der Waals surface area (Å²) < 4.78 is 11.4. The molecule has 0 fully saturated rings. The maximum absolute atomic E-state index is 12.5. The van der Waals surface area contributed by atoms with Gasteiger partial charge in [-0.05, 0) is 60.9 Å². The van der Waals surface area contributed by atoms with E-state index in [0.717, 1.165) is 12.2 Å². The van der Waals surface area contributed by atoms with Crippen LogP contribution in [0.4, 0.5) is 11.4 Å². The van der Waals surface area contributed by atoms with Crippen LogP contribution in [0.3, 0.4) is 0 Å². The maximum atomic E-state index is 12.5. The first-order chi connectivity index (χ1) is 15.6. The Bertz CT molecular complexity index is 1080. The molecule has 0 saturated heterocycles. The Balaban J connectivity index is 1.39. The van der Waals surface area contributed by atoms with Crippen molar-refractivity contribution in [3.8, 4) is 11.5 Å². The summed E-state index contributed by atoms with van der Waals surface area (Å²) in [4.78, 5) is 26.7. The van der Waals surface area contributed by atoms with Crippen LogP contribution in [0.1, 0.15) is 29.3 Å². The third-order valence-electron chi connectivity index (χ3n) is 5.32. The van der Waals surface area contributed by atoms with E-state index >= 15 is 0 Å². The molecule has 4 rings (SSSR count). The molecule has 0 aromatic heterocycles. The molecule has 3 aromatic rings. The average molecular weight is 431 g/mol. The molecule has 32 heavy (non-hydrogen) atoms. The summed E-state index contributed by atoms with van der Waals surface area (Å²) in [6.45, 7) is 3.11. The number of hydrogen-bond donors (Lipinski definition) is 1. The monoisotopic (exact) mass is 430 g/mol. The van der Waals surface area contributed by atoms with E-state index in [4.69, 9.17) is 9.47 Å². The predicted octanol–water partition coefficient (Wildman–Crippen LogP) is 4.70. The van der Waals surface area contributed by atoms with Gasteiger partial charge >= 0.3 is 0 Å². The van der Waals surface area contributed by atoms with E-state index in [2.05, 4.69) is 24.4 Å². The van der Waals surface area contributed by atoms with E-state index in [-0.39, 0.29) is 18.4 Å². The second-order valence-electron chi connectivity index (χ2n) is 7.54. The van der Waals surface area contributed by atoms with Crippen molar-refractivity contribution in [2.45, 2.75) is 19.8 Å². The molecule has 0 saturated carbocycles. The Hall–Kier alpha value is -3.80. The van der Waals surface area contributed by atoms with Crippen LogP contribution in [0.2, 0.25) is 0 Å². The summed E-state index contributed by atoms with van der Waals surface area (Å²) in [6.07, 6.45) is 1.66. The molecule has 164 valence electrons. The van der Waals surface area contributed by atoms with Crippen molar-refractivity contribution in [3.63, 3.8) is 0 Å². The lowest BCUT2D eigenvalue weighted by molar-refractivity contribution is -0.121. The second-order valence-corrected chi connectivity index (χ2v) is 7.54. The highest BCUT2D eigenvalue weighted by atomic mass is 16.5. The Morgan fingerprint density at radius 2 is 1.84 bits per heavy atom. The molecular formula is C26H26N2O4. The number of rotatable bonds is 8. The molecule has 1 heterocycles. The third kappa shape index (κ3) is 5.09. The smallest absolute Gasteiger partial charge is 0.265 e. The van der Waals surface area contributed by atoms with E-state index in [1.54, 1.807) is 35.2 Å². The lowest BCUT2D eigenvalue weighted by atomic mass is 10.1. The molecular weight excluding hydrogens is 404 g/mol. The van der Waals surface area contributed by atoms with E-state index in [1.165, 1.54) is 5.56 Å². The number of aryl methyl sites for hydroxylation is 1. The zero-order chi connectivity index (χ0) is 22.3. The number of fused-ring (bicyclic) bond motifs is 1. The van der Waals surface area contributed by atoms with Gasteiger partial charge in [0.25, 0.3) is 11.8 Å². The van der Waals surface area contributed by atoms with Crippen LogP contribution in [0.25, 0.3) is 0 Å². The Kier molecular flexibility index (Phi) is 6.70. The van der Waals surface area contributed by atoms with Crippen LogP contribution in [0, 0.1) is 0 Å². The molecule has 0 spiro atoms. The SMILES string of the molecule is CCc1ccc(OCCCN2C(=O)COc3ccc(NC(=O)c4ccccc4)cc32)cc1. The first kappa shape index (κ1) is 21.4. The largest absolute Gasteiger partial charge is 0.494 e. The van der Waals surface area contributed by atoms with Crippen LogP contribution in [0.5, 0.6) is 11.5 Å². The number of benzene rings is 3. The molecule has 1 aliphatic heterocycles. The van der Waals surface area contributed by atoms with Gasteiger partial charge in [-0.2, -0.15) is 0 Å². The molecule has 6 heteroatoms. The lowest BCUT2D eigenvalue weighted by Gasteiger charge is -2.30. The standard InChI is InChI=1S/C26H26N2O4/c1-2-19-9-12-22(13-10-19)31-16-6-15-28-23-17-21(11-14-24(23)32-18-25(28)29)27-26(30)20-7-4-3-5-8-20/h3-5,7-14,17H,2,6,15-16,18H2,1H3,(H,27,30). The highest BCUT2D eigenvalue weighted by molar-refractivity contribution is 6.05. The lowest BCUT2D eigenvalue weighted by Crippen LogP contribution is -2.39. The number of carbonyl (C=O) groups excluding carboxylic acids is 2. The van der Waals surface area contributed by atoms with Gasteiger partial charge in [-0.25, -0.2) is 0 Å². The van der Waals surface area contributed by atoms with Crippen LogP contribution < -0.4 is 19.7 Å². The van der Waals surface area contributed by atoms with Crippen molar-refractivity contribution in [1.82, 2.24) is 0 Å². The van der Waals surface area contributed by atoms with E-state index in [0.29, 0.717) is 42.3 Å².